The number of carbonyl (C=O) groups excluding carboxylic acids is 1. The third kappa shape index (κ3) is 3.37. The van der Waals surface area contributed by atoms with Gasteiger partial charge in [-0.1, -0.05) is 29.8 Å². The molecule has 1 heterocycles. The van der Waals surface area contributed by atoms with E-state index in [0.29, 0.717) is 21.7 Å². The van der Waals surface area contributed by atoms with Crippen molar-refractivity contribution >= 4 is 40.2 Å². The zero-order valence-corrected chi connectivity index (χ0v) is 12.5. The van der Waals surface area contributed by atoms with Crippen LogP contribution in [0.1, 0.15) is 10.4 Å². The van der Waals surface area contributed by atoms with Gasteiger partial charge in [-0.25, -0.2) is 4.79 Å². The number of hydrogen-bond acceptors (Lipinski definition) is 5. The van der Waals surface area contributed by atoms with Crippen LogP contribution >= 0.6 is 23.4 Å². The average Bonchev–Trinajstić information content (AvgIpc) is 2.97. The van der Waals surface area contributed by atoms with Crippen molar-refractivity contribution in [1.82, 2.24) is 0 Å². The zero-order chi connectivity index (χ0) is 14.7. The van der Waals surface area contributed by atoms with Crippen LogP contribution < -0.4 is 5.01 Å². The van der Waals surface area contributed by atoms with Crippen LogP contribution in [0.5, 0.6) is 0 Å². The van der Waals surface area contributed by atoms with Gasteiger partial charge < -0.3 is 4.74 Å². The summed E-state index contributed by atoms with van der Waals surface area (Å²) in [5, 5.41) is 7.06. The quantitative estimate of drug-likeness (QED) is 0.785. The van der Waals surface area contributed by atoms with Gasteiger partial charge in [0.1, 0.15) is 0 Å². The number of thioether (sulfide) groups is 1. The largest absolute Gasteiger partial charge is 0.396 e. The van der Waals surface area contributed by atoms with E-state index in [4.69, 9.17) is 16.3 Å². The molecule has 0 aliphatic carbocycles. The molecule has 4 nitrogen and oxygen atoms in total. The molecule has 0 N–H and O–H groups in total. The first-order chi connectivity index (χ1) is 10.2. The molecule has 0 unspecified atom stereocenters. The Balaban J connectivity index is 1.69. The molecule has 106 valence electrons. The fourth-order valence-electron chi connectivity index (χ4n) is 1.78. The third-order valence-corrected chi connectivity index (χ3v) is 3.86. The predicted octanol–water partition coefficient (Wildman–Crippen LogP) is 3.98. The minimum Gasteiger partial charge on any atom is -0.396 e. The Bertz CT molecular complexity index is 674. The lowest BCUT2D eigenvalue weighted by atomic mass is 10.2. The summed E-state index contributed by atoms with van der Waals surface area (Å²) in [5.41, 5.74) is 1.41. The molecule has 0 saturated carbocycles. The predicted molar refractivity (Wildman–Crippen MR) is 85.7 cm³/mol. The molecular formula is C15H11ClN2O2S. The monoisotopic (exact) mass is 318 g/mol. The highest BCUT2D eigenvalue weighted by Crippen LogP contribution is 2.26. The number of nitrogens with zero attached hydrogens (tertiary/aromatic N) is 2. The molecule has 3 rings (SSSR count). The first-order valence-electron chi connectivity index (χ1n) is 6.24. The maximum atomic E-state index is 11.9. The highest BCUT2D eigenvalue weighted by Gasteiger charge is 2.21. The van der Waals surface area contributed by atoms with Gasteiger partial charge in [0.25, 0.3) is 5.23 Å². The van der Waals surface area contributed by atoms with Gasteiger partial charge in [-0.15, -0.1) is 5.10 Å². The second-order valence-electron chi connectivity index (χ2n) is 4.27. The molecule has 1 aliphatic rings. The van der Waals surface area contributed by atoms with Crippen molar-refractivity contribution in [3.63, 3.8) is 0 Å². The van der Waals surface area contributed by atoms with Crippen LogP contribution in [-0.2, 0) is 4.74 Å². The first kappa shape index (κ1) is 14.0. The van der Waals surface area contributed by atoms with E-state index in [1.165, 1.54) is 11.8 Å². The van der Waals surface area contributed by atoms with Crippen LogP contribution in [0, 0.1) is 0 Å². The molecule has 1 aliphatic heterocycles. The van der Waals surface area contributed by atoms with Crippen molar-refractivity contribution in [3.8, 4) is 0 Å². The topological polar surface area (TPSA) is 41.9 Å². The van der Waals surface area contributed by atoms with Crippen LogP contribution in [0.2, 0.25) is 5.02 Å². The van der Waals surface area contributed by atoms with Crippen molar-refractivity contribution in [2.45, 2.75) is 0 Å². The number of anilines is 1. The first-order valence-corrected chi connectivity index (χ1v) is 7.60. The van der Waals surface area contributed by atoms with Gasteiger partial charge in [-0.3, -0.25) is 5.01 Å². The SMILES string of the molecule is O=C(OC1=NN(c2ccc(Cl)cc2)CS1)c1ccccc1. The molecule has 0 spiro atoms. The molecule has 2 aromatic rings. The molecule has 0 bridgehead atoms. The number of carbonyl (C=O) groups is 1. The number of esters is 1. The van der Waals surface area contributed by atoms with Crippen LogP contribution in [-0.4, -0.2) is 17.1 Å². The highest BCUT2D eigenvalue weighted by atomic mass is 35.5. The second kappa shape index (κ2) is 6.20. The van der Waals surface area contributed by atoms with Crippen molar-refractivity contribution in [2.24, 2.45) is 5.10 Å². The van der Waals surface area contributed by atoms with Gasteiger partial charge in [-0.2, -0.15) is 0 Å². The van der Waals surface area contributed by atoms with Gasteiger partial charge in [0.05, 0.1) is 17.1 Å². The standard InChI is InChI=1S/C15H11ClN2O2S/c16-12-6-8-13(9-7-12)18-10-21-15(17-18)20-14(19)11-4-2-1-3-5-11/h1-9H,10H2. The molecule has 2 aromatic carbocycles. The Kier molecular flexibility index (Phi) is 4.13. The molecule has 0 fully saturated rings. The maximum absolute atomic E-state index is 11.9. The number of ether oxygens (including phenoxy) is 1. The minimum absolute atomic E-state index is 0.346. The van der Waals surface area contributed by atoms with E-state index < -0.39 is 5.97 Å². The van der Waals surface area contributed by atoms with E-state index in [9.17, 15) is 4.79 Å². The van der Waals surface area contributed by atoms with Gasteiger partial charge in [0.15, 0.2) is 0 Å². The molecule has 0 amide bonds. The summed E-state index contributed by atoms with van der Waals surface area (Å²) >= 11 is 7.23. The van der Waals surface area contributed by atoms with Crippen LogP contribution in [0.4, 0.5) is 5.69 Å². The number of hydrogen-bond donors (Lipinski definition) is 0. The van der Waals surface area contributed by atoms with Crippen molar-refractivity contribution < 1.29 is 9.53 Å². The molecule has 0 atom stereocenters. The van der Waals surface area contributed by atoms with E-state index in [1.54, 1.807) is 41.4 Å². The Hall–Kier alpha value is -1.98. The lowest BCUT2D eigenvalue weighted by molar-refractivity contribution is 0.0724. The van der Waals surface area contributed by atoms with E-state index in [2.05, 4.69) is 5.10 Å². The lowest BCUT2D eigenvalue weighted by Crippen LogP contribution is -2.11. The van der Waals surface area contributed by atoms with Gasteiger partial charge >= 0.3 is 5.97 Å². The molecule has 21 heavy (non-hydrogen) atoms. The smallest absolute Gasteiger partial charge is 0.345 e. The fraction of sp³-hybridized carbons (Fsp3) is 0.0667. The van der Waals surface area contributed by atoms with Gasteiger partial charge in [-0.05, 0) is 48.2 Å². The number of benzene rings is 2. The maximum Gasteiger partial charge on any atom is 0.345 e. The summed E-state index contributed by atoms with van der Waals surface area (Å²) < 4.78 is 5.28. The summed E-state index contributed by atoms with van der Waals surface area (Å²) in [6.07, 6.45) is 0. The third-order valence-electron chi connectivity index (χ3n) is 2.83. The Morgan fingerprint density at radius 1 is 1.14 bits per heavy atom. The minimum atomic E-state index is -0.403. The van der Waals surface area contributed by atoms with Crippen LogP contribution in [0.3, 0.4) is 0 Å². The van der Waals surface area contributed by atoms with E-state index in [1.807, 2.05) is 18.2 Å². The van der Waals surface area contributed by atoms with Gasteiger partial charge in [0.2, 0.25) is 0 Å². The number of halogens is 1. The Labute approximate surface area is 131 Å². The van der Waals surface area contributed by atoms with E-state index in [0.717, 1.165) is 5.69 Å². The highest BCUT2D eigenvalue weighted by molar-refractivity contribution is 8.13. The summed E-state index contributed by atoms with van der Waals surface area (Å²) in [5.74, 6) is 0.193. The Morgan fingerprint density at radius 3 is 2.57 bits per heavy atom. The molecule has 0 aromatic heterocycles. The molecule has 0 radical (unpaired) electrons. The molecule has 6 heteroatoms. The second-order valence-corrected chi connectivity index (χ2v) is 5.60. The lowest BCUT2D eigenvalue weighted by Gasteiger charge is -2.11. The zero-order valence-electron chi connectivity index (χ0n) is 10.9. The normalized spacial score (nSPS) is 14.0. The summed E-state index contributed by atoms with van der Waals surface area (Å²) in [7, 11) is 0. The van der Waals surface area contributed by atoms with E-state index >= 15 is 0 Å². The number of hydrazone groups is 1. The summed E-state index contributed by atoms with van der Waals surface area (Å²) in [4.78, 5) is 11.9. The summed E-state index contributed by atoms with van der Waals surface area (Å²) in [6.45, 7) is 0. The van der Waals surface area contributed by atoms with Crippen molar-refractivity contribution in [1.29, 1.82) is 0 Å². The molecular weight excluding hydrogens is 308 g/mol. The number of rotatable bonds is 2. The van der Waals surface area contributed by atoms with Crippen LogP contribution in [0.25, 0.3) is 0 Å². The Morgan fingerprint density at radius 2 is 1.86 bits per heavy atom. The van der Waals surface area contributed by atoms with Crippen LogP contribution in [0.15, 0.2) is 59.7 Å². The fourth-order valence-corrected chi connectivity index (χ4v) is 2.64. The average molecular weight is 319 g/mol. The van der Waals surface area contributed by atoms with Gasteiger partial charge in [0, 0.05) is 5.02 Å². The summed E-state index contributed by atoms with van der Waals surface area (Å²) in [6, 6.07) is 16.2. The van der Waals surface area contributed by atoms with Crippen molar-refractivity contribution in [2.75, 3.05) is 10.9 Å². The van der Waals surface area contributed by atoms with E-state index in [-0.39, 0.29) is 0 Å². The molecule has 0 saturated heterocycles. The van der Waals surface area contributed by atoms with Crippen molar-refractivity contribution in [3.05, 3.63) is 65.2 Å².